The Morgan fingerprint density at radius 2 is 2.32 bits per heavy atom. The highest BCUT2D eigenvalue weighted by Crippen LogP contribution is 2.48. The predicted molar refractivity (Wildman–Crippen MR) is 70.8 cm³/mol. The molecule has 2 bridgehead atoms. The van der Waals surface area contributed by atoms with E-state index in [0.29, 0.717) is 23.5 Å². The van der Waals surface area contributed by atoms with Gasteiger partial charge >= 0.3 is 5.97 Å². The van der Waals surface area contributed by atoms with Gasteiger partial charge in [-0.25, -0.2) is 4.98 Å². The summed E-state index contributed by atoms with van der Waals surface area (Å²) < 4.78 is 1.82. The van der Waals surface area contributed by atoms with Crippen molar-refractivity contribution in [3.05, 3.63) is 17.2 Å². The summed E-state index contributed by atoms with van der Waals surface area (Å²) in [6, 6.07) is 0.0757. The van der Waals surface area contributed by atoms with E-state index in [4.69, 9.17) is 11.6 Å². The Morgan fingerprint density at radius 3 is 2.95 bits per heavy atom. The number of nitrogens with one attached hydrogen (secondary N) is 1. The minimum Gasteiger partial charge on any atom is -0.481 e. The fourth-order valence-corrected chi connectivity index (χ4v) is 3.88. The fraction of sp³-hybridized carbons (Fsp3) is 0.692. The van der Waals surface area contributed by atoms with Crippen molar-refractivity contribution in [1.29, 1.82) is 0 Å². The molecule has 0 radical (unpaired) electrons. The highest BCUT2D eigenvalue weighted by atomic mass is 35.5. The van der Waals surface area contributed by atoms with Gasteiger partial charge in [-0.2, -0.15) is 0 Å². The number of aliphatic carboxylic acids is 1. The molecule has 2 aliphatic carbocycles. The lowest BCUT2D eigenvalue weighted by Crippen LogP contribution is -2.44. The van der Waals surface area contributed by atoms with Crippen LogP contribution in [-0.4, -0.2) is 26.7 Å². The third-order valence-corrected chi connectivity index (χ3v) is 5.08. The molecule has 104 valence electrons. The molecule has 1 heterocycles. The van der Waals surface area contributed by atoms with Gasteiger partial charge in [0.05, 0.1) is 18.7 Å². The van der Waals surface area contributed by atoms with E-state index < -0.39 is 5.97 Å². The van der Waals surface area contributed by atoms with Crippen LogP contribution >= 0.6 is 11.6 Å². The van der Waals surface area contributed by atoms with Gasteiger partial charge in [-0.1, -0.05) is 11.6 Å². The summed E-state index contributed by atoms with van der Waals surface area (Å²) in [6.45, 7) is 0.570. The second-order valence-corrected chi connectivity index (χ2v) is 6.05. The van der Waals surface area contributed by atoms with Crippen molar-refractivity contribution in [2.45, 2.75) is 31.8 Å². The molecule has 1 aromatic heterocycles. The molecule has 2 saturated carbocycles. The summed E-state index contributed by atoms with van der Waals surface area (Å²) in [5.74, 6) is 0.792. The number of hydrogen-bond acceptors (Lipinski definition) is 3. The summed E-state index contributed by atoms with van der Waals surface area (Å²) in [5.41, 5.74) is 0. The van der Waals surface area contributed by atoms with Crippen LogP contribution in [0.1, 0.15) is 25.1 Å². The lowest BCUT2D eigenvalue weighted by molar-refractivity contribution is -0.144. The van der Waals surface area contributed by atoms with E-state index in [1.165, 1.54) is 0 Å². The third-order valence-electron chi connectivity index (χ3n) is 4.73. The Bertz CT molecular complexity index is 502. The lowest BCUT2D eigenvalue weighted by Gasteiger charge is -2.28. The smallest absolute Gasteiger partial charge is 0.308 e. The summed E-state index contributed by atoms with van der Waals surface area (Å²) >= 11 is 5.95. The molecule has 2 N–H and O–H groups in total. The van der Waals surface area contributed by atoms with E-state index >= 15 is 0 Å². The molecule has 0 spiro atoms. The second kappa shape index (κ2) is 4.80. The number of halogens is 1. The molecule has 0 saturated heterocycles. The maximum Gasteiger partial charge on any atom is 0.308 e. The van der Waals surface area contributed by atoms with Crippen molar-refractivity contribution in [2.75, 3.05) is 0 Å². The Hall–Kier alpha value is -1.07. The topological polar surface area (TPSA) is 67.2 Å². The van der Waals surface area contributed by atoms with Gasteiger partial charge in [0.1, 0.15) is 11.0 Å². The average molecular weight is 284 g/mol. The summed E-state index contributed by atoms with van der Waals surface area (Å²) in [6.07, 6.45) is 4.88. The van der Waals surface area contributed by atoms with Gasteiger partial charge in [0.25, 0.3) is 0 Å². The highest BCUT2D eigenvalue weighted by Gasteiger charge is 2.50. The third kappa shape index (κ3) is 2.15. The fourth-order valence-electron chi connectivity index (χ4n) is 3.74. The molecule has 3 rings (SSSR count). The van der Waals surface area contributed by atoms with Crippen molar-refractivity contribution in [3.63, 3.8) is 0 Å². The average Bonchev–Trinajstić information content (AvgIpc) is 3.04. The number of imidazole rings is 1. The van der Waals surface area contributed by atoms with Gasteiger partial charge in [0.2, 0.25) is 0 Å². The second-order valence-electron chi connectivity index (χ2n) is 5.66. The van der Waals surface area contributed by atoms with Gasteiger partial charge in [-0.3, -0.25) is 4.79 Å². The quantitative estimate of drug-likeness (QED) is 0.882. The van der Waals surface area contributed by atoms with Gasteiger partial charge in [0.15, 0.2) is 0 Å². The van der Waals surface area contributed by atoms with E-state index in [0.717, 1.165) is 25.1 Å². The van der Waals surface area contributed by atoms with Crippen molar-refractivity contribution in [3.8, 4) is 0 Å². The number of aromatic nitrogens is 2. The first-order chi connectivity index (χ1) is 9.08. The van der Waals surface area contributed by atoms with Crippen molar-refractivity contribution in [1.82, 2.24) is 14.9 Å². The standard InChI is InChI=1S/C13H18ClN3O2/c1-17-9(14)5-15-10(17)6-16-12-8-3-2-7(4-8)11(12)13(18)19/h5,7-8,11-12,16H,2-4,6H2,1H3,(H,18,19). The lowest BCUT2D eigenvalue weighted by atomic mass is 9.84. The summed E-state index contributed by atoms with van der Waals surface area (Å²) in [4.78, 5) is 15.6. The normalized spacial score (nSPS) is 32.9. The molecule has 0 aliphatic heterocycles. The number of rotatable bonds is 4. The molecule has 0 amide bonds. The maximum atomic E-state index is 11.4. The first-order valence-corrected chi connectivity index (χ1v) is 7.08. The molecule has 1 aromatic rings. The molecule has 2 aliphatic rings. The van der Waals surface area contributed by atoms with E-state index in [1.54, 1.807) is 6.20 Å². The molecule has 2 fully saturated rings. The number of carboxylic acid groups (broad SMARTS) is 1. The summed E-state index contributed by atoms with van der Waals surface area (Å²) in [7, 11) is 1.86. The molecule has 5 nitrogen and oxygen atoms in total. The zero-order valence-electron chi connectivity index (χ0n) is 10.8. The first-order valence-electron chi connectivity index (χ1n) is 6.70. The number of hydrogen-bond donors (Lipinski definition) is 2. The van der Waals surface area contributed by atoms with Crippen LogP contribution in [0.25, 0.3) is 0 Å². The van der Waals surface area contributed by atoms with E-state index in [2.05, 4.69) is 10.3 Å². The Balaban J connectivity index is 1.69. The SMILES string of the molecule is Cn1c(Cl)cnc1CNC1C2CCC(C2)C1C(=O)O. The van der Waals surface area contributed by atoms with Crippen LogP contribution < -0.4 is 5.32 Å². The Kier molecular flexibility index (Phi) is 3.27. The number of nitrogens with zero attached hydrogens (tertiary/aromatic N) is 2. The van der Waals surface area contributed by atoms with Gasteiger partial charge in [-0.15, -0.1) is 0 Å². The van der Waals surface area contributed by atoms with Crippen LogP contribution in [0.3, 0.4) is 0 Å². The monoisotopic (exact) mass is 283 g/mol. The molecule has 19 heavy (non-hydrogen) atoms. The Morgan fingerprint density at radius 1 is 1.58 bits per heavy atom. The van der Waals surface area contributed by atoms with E-state index in [1.807, 2.05) is 11.6 Å². The molecular weight excluding hydrogens is 266 g/mol. The molecule has 6 heteroatoms. The van der Waals surface area contributed by atoms with Gasteiger partial charge in [0, 0.05) is 13.1 Å². The largest absolute Gasteiger partial charge is 0.481 e. The molecule has 0 aromatic carbocycles. The van der Waals surface area contributed by atoms with Crippen LogP contribution in [-0.2, 0) is 18.4 Å². The van der Waals surface area contributed by atoms with Gasteiger partial charge < -0.3 is 15.0 Å². The number of carboxylic acids is 1. The zero-order valence-corrected chi connectivity index (χ0v) is 11.6. The minimum atomic E-state index is -0.664. The highest BCUT2D eigenvalue weighted by molar-refractivity contribution is 6.29. The van der Waals surface area contributed by atoms with Crippen LogP contribution in [0, 0.1) is 17.8 Å². The van der Waals surface area contributed by atoms with E-state index in [-0.39, 0.29) is 12.0 Å². The molecule has 4 atom stereocenters. The predicted octanol–water partition coefficient (Wildman–Crippen LogP) is 1.66. The molecule has 4 unspecified atom stereocenters. The number of fused-ring (bicyclic) bond motifs is 2. The summed E-state index contributed by atoms with van der Waals surface area (Å²) in [5, 5.41) is 13.4. The Labute approximate surface area is 117 Å². The minimum absolute atomic E-state index is 0.0757. The van der Waals surface area contributed by atoms with Crippen molar-refractivity contribution < 1.29 is 9.90 Å². The maximum absolute atomic E-state index is 11.4. The van der Waals surface area contributed by atoms with Crippen LogP contribution in [0.2, 0.25) is 5.15 Å². The van der Waals surface area contributed by atoms with Crippen LogP contribution in [0.4, 0.5) is 0 Å². The van der Waals surface area contributed by atoms with Crippen LogP contribution in [0.15, 0.2) is 6.20 Å². The number of carbonyl (C=O) groups is 1. The first kappa shape index (κ1) is 12.9. The molecular formula is C13H18ClN3O2. The van der Waals surface area contributed by atoms with E-state index in [9.17, 15) is 9.90 Å². The zero-order chi connectivity index (χ0) is 13.6. The van der Waals surface area contributed by atoms with Crippen LogP contribution in [0.5, 0.6) is 0 Å². The van der Waals surface area contributed by atoms with Crippen molar-refractivity contribution in [2.24, 2.45) is 24.8 Å². The van der Waals surface area contributed by atoms with Crippen molar-refractivity contribution >= 4 is 17.6 Å². The van der Waals surface area contributed by atoms with Gasteiger partial charge in [-0.05, 0) is 31.1 Å².